The minimum Gasteiger partial charge on any atom is -0.496 e. The average Bonchev–Trinajstić information content (AvgIpc) is 2.85. The number of benzene rings is 1. The summed E-state index contributed by atoms with van der Waals surface area (Å²) in [6.45, 7) is 1.54. The SMILES string of the molecule is COc1ccccc1-c1cnn(CCCN)c1.Cl. The van der Waals surface area contributed by atoms with E-state index >= 15 is 0 Å². The zero-order valence-corrected chi connectivity index (χ0v) is 11.2. The van der Waals surface area contributed by atoms with Crippen LogP contribution in [0.2, 0.25) is 0 Å². The molecule has 0 amide bonds. The van der Waals surface area contributed by atoms with Crippen LogP contribution in [0.3, 0.4) is 0 Å². The summed E-state index contributed by atoms with van der Waals surface area (Å²) >= 11 is 0. The molecule has 4 nitrogen and oxygen atoms in total. The number of nitrogens with two attached hydrogens (primary N) is 1. The summed E-state index contributed by atoms with van der Waals surface area (Å²) in [4.78, 5) is 0. The highest BCUT2D eigenvalue weighted by Gasteiger charge is 2.06. The van der Waals surface area contributed by atoms with Gasteiger partial charge in [-0.05, 0) is 19.0 Å². The first-order chi connectivity index (χ1) is 8.35. The number of ether oxygens (including phenoxy) is 1. The molecule has 0 unspecified atom stereocenters. The van der Waals surface area contributed by atoms with Crippen LogP contribution in [0.25, 0.3) is 11.1 Å². The van der Waals surface area contributed by atoms with Gasteiger partial charge < -0.3 is 10.5 Å². The van der Waals surface area contributed by atoms with E-state index in [4.69, 9.17) is 10.5 Å². The molecule has 0 fully saturated rings. The van der Waals surface area contributed by atoms with E-state index in [1.807, 2.05) is 41.3 Å². The Kier molecular flexibility index (Phi) is 5.68. The molecule has 5 heteroatoms. The molecule has 0 aliphatic carbocycles. The van der Waals surface area contributed by atoms with E-state index in [-0.39, 0.29) is 12.4 Å². The summed E-state index contributed by atoms with van der Waals surface area (Å²) in [6, 6.07) is 7.94. The zero-order valence-electron chi connectivity index (χ0n) is 10.4. The Labute approximate surface area is 113 Å². The maximum absolute atomic E-state index is 5.48. The molecule has 0 spiro atoms. The van der Waals surface area contributed by atoms with Crippen LogP contribution in [0.5, 0.6) is 5.75 Å². The van der Waals surface area contributed by atoms with Gasteiger partial charge in [0.1, 0.15) is 5.75 Å². The first-order valence-corrected chi connectivity index (χ1v) is 5.71. The van der Waals surface area contributed by atoms with E-state index in [1.165, 1.54) is 0 Å². The van der Waals surface area contributed by atoms with Crippen LogP contribution >= 0.6 is 12.4 Å². The minimum atomic E-state index is 0. The van der Waals surface area contributed by atoms with Crippen molar-refractivity contribution >= 4 is 12.4 Å². The lowest BCUT2D eigenvalue weighted by atomic mass is 10.1. The lowest BCUT2D eigenvalue weighted by Crippen LogP contribution is -2.05. The molecule has 0 radical (unpaired) electrons. The molecule has 1 aromatic carbocycles. The smallest absolute Gasteiger partial charge is 0.126 e. The molecule has 0 aliphatic rings. The maximum atomic E-state index is 5.48. The highest BCUT2D eigenvalue weighted by molar-refractivity contribution is 5.85. The quantitative estimate of drug-likeness (QED) is 0.905. The van der Waals surface area contributed by atoms with Crippen LogP contribution in [-0.2, 0) is 6.54 Å². The number of hydrogen-bond donors (Lipinski definition) is 1. The monoisotopic (exact) mass is 267 g/mol. The number of rotatable bonds is 5. The predicted octanol–water partition coefficient (Wildman–Crippen LogP) is 2.33. The molecule has 0 atom stereocenters. The third-order valence-corrected chi connectivity index (χ3v) is 2.64. The molecule has 0 saturated carbocycles. The predicted molar refractivity (Wildman–Crippen MR) is 75.1 cm³/mol. The van der Waals surface area contributed by atoms with Crippen LogP contribution in [0.4, 0.5) is 0 Å². The van der Waals surface area contributed by atoms with Crippen molar-refractivity contribution in [2.24, 2.45) is 5.73 Å². The van der Waals surface area contributed by atoms with Gasteiger partial charge in [-0.3, -0.25) is 4.68 Å². The van der Waals surface area contributed by atoms with E-state index in [9.17, 15) is 0 Å². The molecule has 98 valence electrons. The molecule has 0 saturated heterocycles. The van der Waals surface area contributed by atoms with E-state index in [0.717, 1.165) is 29.8 Å². The molecule has 2 rings (SSSR count). The second-order valence-electron chi connectivity index (χ2n) is 3.83. The molecule has 1 heterocycles. The third kappa shape index (κ3) is 3.24. The fraction of sp³-hybridized carbons (Fsp3) is 0.308. The summed E-state index contributed by atoms with van der Waals surface area (Å²) in [5.74, 6) is 0.867. The van der Waals surface area contributed by atoms with Crippen molar-refractivity contribution in [2.45, 2.75) is 13.0 Å². The second-order valence-corrected chi connectivity index (χ2v) is 3.83. The number of nitrogens with zero attached hydrogens (tertiary/aromatic N) is 2. The van der Waals surface area contributed by atoms with Crippen molar-refractivity contribution in [3.8, 4) is 16.9 Å². The van der Waals surface area contributed by atoms with Gasteiger partial charge in [0.25, 0.3) is 0 Å². The number of halogens is 1. The van der Waals surface area contributed by atoms with Crippen LogP contribution in [0.15, 0.2) is 36.7 Å². The van der Waals surface area contributed by atoms with Gasteiger partial charge in [0, 0.05) is 23.9 Å². The summed E-state index contributed by atoms with van der Waals surface area (Å²) in [5.41, 5.74) is 7.61. The largest absolute Gasteiger partial charge is 0.496 e. The lowest BCUT2D eigenvalue weighted by Gasteiger charge is -2.05. The Balaban J connectivity index is 0.00000162. The van der Waals surface area contributed by atoms with Gasteiger partial charge in [0.05, 0.1) is 13.3 Å². The number of aromatic nitrogens is 2. The van der Waals surface area contributed by atoms with E-state index in [2.05, 4.69) is 5.10 Å². The Bertz CT molecular complexity index is 485. The first kappa shape index (κ1) is 14.5. The topological polar surface area (TPSA) is 53.1 Å². The fourth-order valence-corrected chi connectivity index (χ4v) is 1.76. The van der Waals surface area contributed by atoms with Crippen LogP contribution < -0.4 is 10.5 Å². The zero-order chi connectivity index (χ0) is 12.1. The van der Waals surface area contributed by atoms with Crippen molar-refractivity contribution in [1.82, 2.24) is 9.78 Å². The van der Waals surface area contributed by atoms with Crippen molar-refractivity contribution in [3.63, 3.8) is 0 Å². The maximum Gasteiger partial charge on any atom is 0.126 e. The third-order valence-electron chi connectivity index (χ3n) is 2.64. The lowest BCUT2D eigenvalue weighted by molar-refractivity contribution is 0.416. The number of methoxy groups -OCH3 is 1. The molecule has 0 bridgehead atoms. The molecule has 1 aromatic heterocycles. The van der Waals surface area contributed by atoms with Gasteiger partial charge in [-0.15, -0.1) is 12.4 Å². The average molecular weight is 268 g/mol. The van der Waals surface area contributed by atoms with Gasteiger partial charge in [0.15, 0.2) is 0 Å². The second kappa shape index (κ2) is 7.03. The number of aryl methyl sites for hydroxylation is 1. The van der Waals surface area contributed by atoms with Gasteiger partial charge >= 0.3 is 0 Å². The number of hydrogen-bond acceptors (Lipinski definition) is 3. The van der Waals surface area contributed by atoms with Gasteiger partial charge in [-0.25, -0.2) is 0 Å². The Morgan fingerprint density at radius 1 is 1.33 bits per heavy atom. The summed E-state index contributed by atoms with van der Waals surface area (Å²) in [5, 5.41) is 4.31. The van der Waals surface area contributed by atoms with Gasteiger partial charge in [-0.2, -0.15) is 5.10 Å². The molecule has 0 aliphatic heterocycles. The summed E-state index contributed by atoms with van der Waals surface area (Å²) < 4.78 is 7.24. The van der Waals surface area contributed by atoms with E-state index in [1.54, 1.807) is 7.11 Å². The summed E-state index contributed by atoms with van der Waals surface area (Å²) in [7, 11) is 1.68. The first-order valence-electron chi connectivity index (χ1n) is 5.71. The van der Waals surface area contributed by atoms with E-state index < -0.39 is 0 Å². The Hall–Kier alpha value is -1.52. The van der Waals surface area contributed by atoms with Crippen LogP contribution in [0.1, 0.15) is 6.42 Å². The van der Waals surface area contributed by atoms with E-state index in [0.29, 0.717) is 6.54 Å². The van der Waals surface area contributed by atoms with Crippen molar-refractivity contribution in [3.05, 3.63) is 36.7 Å². The van der Waals surface area contributed by atoms with Crippen molar-refractivity contribution in [2.75, 3.05) is 13.7 Å². The fourth-order valence-electron chi connectivity index (χ4n) is 1.76. The molecular weight excluding hydrogens is 250 g/mol. The molecule has 18 heavy (non-hydrogen) atoms. The molecule has 2 aromatic rings. The normalized spacial score (nSPS) is 9.89. The Morgan fingerprint density at radius 3 is 2.83 bits per heavy atom. The van der Waals surface area contributed by atoms with Gasteiger partial charge in [-0.1, -0.05) is 18.2 Å². The van der Waals surface area contributed by atoms with Crippen molar-refractivity contribution < 1.29 is 4.74 Å². The Morgan fingerprint density at radius 2 is 2.11 bits per heavy atom. The van der Waals surface area contributed by atoms with Gasteiger partial charge in [0.2, 0.25) is 0 Å². The molecular formula is C13H18ClN3O. The molecule has 2 N–H and O–H groups in total. The van der Waals surface area contributed by atoms with Crippen molar-refractivity contribution in [1.29, 1.82) is 0 Å². The highest BCUT2D eigenvalue weighted by atomic mass is 35.5. The van der Waals surface area contributed by atoms with Crippen LogP contribution in [-0.4, -0.2) is 23.4 Å². The standard InChI is InChI=1S/C13H17N3O.ClH/c1-17-13-6-3-2-5-12(13)11-9-15-16(10-11)8-4-7-14;/h2-3,5-6,9-10H,4,7-8,14H2,1H3;1H. The summed E-state index contributed by atoms with van der Waals surface area (Å²) in [6.07, 6.45) is 4.81. The van der Waals surface area contributed by atoms with Crippen LogP contribution in [0, 0.1) is 0 Å². The highest BCUT2D eigenvalue weighted by Crippen LogP contribution is 2.28. The number of para-hydroxylation sites is 1. The minimum absolute atomic E-state index is 0.